The van der Waals surface area contributed by atoms with Crippen molar-refractivity contribution in [2.45, 2.75) is 6.04 Å². The number of phenols is 1. The molecule has 0 aliphatic heterocycles. The molecule has 4 nitrogen and oxygen atoms in total. The molecule has 0 spiro atoms. The lowest BCUT2D eigenvalue weighted by atomic mass is 10.1. The highest BCUT2D eigenvalue weighted by atomic mass is 16.4. The first-order valence-corrected chi connectivity index (χ1v) is 4.06. The lowest BCUT2D eigenvalue weighted by Crippen LogP contribution is -2.27. The molecule has 0 radical (unpaired) electrons. The fourth-order valence-electron chi connectivity index (χ4n) is 0.918. The molecule has 14 heavy (non-hydrogen) atoms. The summed E-state index contributed by atoms with van der Waals surface area (Å²) in [4.78, 5) is 10.4. The number of phenolic OH excluding ortho intramolecular Hbond substituents is 1. The van der Waals surface area contributed by atoms with Crippen LogP contribution in [0.4, 0.5) is 0 Å². The molecular weight excluding hydrogens is 182 g/mol. The van der Waals surface area contributed by atoms with E-state index in [0.29, 0.717) is 5.56 Å². The molecule has 1 aromatic rings. The van der Waals surface area contributed by atoms with Gasteiger partial charge in [0.2, 0.25) is 0 Å². The van der Waals surface area contributed by atoms with Gasteiger partial charge < -0.3 is 15.9 Å². The number of carboxylic acid groups (broad SMARTS) is 1. The maximum atomic E-state index is 10.4. The van der Waals surface area contributed by atoms with Gasteiger partial charge >= 0.3 is 5.97 Å². The van der Waals surface area contributed by atoms with Gasteiger partial charge in [-0.25, -0.2) is 0 Å². The SMILES string of the molecule is NC(/C=C/c1ccccc1O)C(=O)O. The highest BCUT2D eigenvalue weighted by Crippen LogP contribution is 2.16. The zero-order valence-corrected chi connectivity index (χ0v) is 7.42. The number of hydrogen-bond donors (Lipinski definition) is 3. The first-order chi connectivity index (χ1) is 6.61. The average molecular weight is 193 g/mol. The van der Waals surface area contributed by atoms with Gasteiger partial charge in [0.15, 0.2) is 0 Å². The van der Waals surface area contributed by atoms with Gasteiger partial charge in [0, 0.05) is 5.56 Å². The van der Waals surface area contributed by atoms with Crippen LogP contribution < -0.4 is 5.73 Å². The summed E-state index contributed by atoms with van der Waals surface area (Å²) in [5.41, 5.74) is 5.79. The molecule has 1 rings (SSSR count). The Hall–Kier alpha value is -1.81. The fraction of sp³-hybridized carbons (Fsp3) is 0.100. The van der Waals surface area contributed by atoms with E-state index in [4.69, 9.17) is 10.8 Å². The summed E-state index contributed by atoms with van der Waals surface area (Å²) in [6.45, 7) is 0. The van der Waals surface area contributed by atoms with Crippen LogP contribution in [0.15, 0.2) is 30.3 Å². The van der Waals surface area contributed by atoms with Crippen molar-refractivity contribution in [3.05, 3.63) is 35.9 Å². The lowest BCUT2D eigenvalue weighted by Gasteiger charge is -1.99. The van der Waals surface area contributed by atoms with Crippen molar-refractivity contribution in [1.29, 1.82) is 0 Å². The number of hydrogen-bond acceptors (Lipinski definition) is 3. The molecule has 0 heterocycles. The minimum Gasteiger partial charge on any atom is -0.507 e. The molecular formula is C10H11NO3. The number of benzene rings is 1. The smallest absolute Gasteiger partial charge is 0.324 e. The number of carboxylic acids is 1. The van der Waals surface area contributed by atoms with Gasteiger partial charge in [-0.15, -0.1) is 0 Å². The van der Waals surface area contributed by atoms with Crippen molar-refractivity contribution in [2.24, 2.45) is 5.73 Å². The third kappa shape index (κ3) is 2.60. The van der Waals surface area contributed by atoms with E-state index in [1.807, 2.05) is 0 Å². The van der Waals surface area contributed by atoms with Gasteiger partial charge in [-0.1, -0.05) is 30.4 Å². The van der Waals surface area contributed by atoms with Crippen molar-refractivity contribution in [3.8, 4) is 5.75 Å². The predicted molar refractivity (Wildman–Crippen MR) is 52.8 cm³/mol. The van der Waals surface area contributed by atoms with Gasteiger partial charge in [-0.05, 0) is 6.07 Å². The summed E-state index contributed by atoms with van der Waals surface area (Å²) in [7, 11) is 0. The van der Waals surface area contributed by atoms with Crippen LogP contribution in [0.1, 0.15) is 5.56 Å². The Labute approximate surface area is 81.3 Å². The molecule has 74 valence electrons. The quantitative estimate of drug-likeness (QED) is 0.663. The second-order valence-corrected chi connectivity index (χ2v) is 2.78. The molecule has 1 aromatic carbocycles. The highest BCUT2D eigenvalue weighted by Gasteiger charge is 2.05. The second kappa shape index (κ2) is 4.43. The molecule has 0 fully saturated rings. The predicted octanol–water partition coefficient (Wildman–Crippen LogP) is 0.817. The van der Waals surface area contributed by atoms with E-state index in [1.165, 1.54) is 18.2 Å². The molecule has 0 saturated carbocycles. The molecule has 1 unspecified atom stereocenters. The molecule has 1 atom stereocenters. The minimum absolute atomic E-state index is 0.0985. The van der Waals surface area contributed by atoms with Crippen molar-refractivity contribution in [1.82, 2.24) is 0 Å². The van der Waals surface area contributed by atoms with Crippen molar-refractivity contribution in [3.63, 3.8) is 0 Å². The Kier molecular flexibility index (Phi) is 3.25. The number of nitrogens with two attached hydrogens (primary N) is 1. The van der Waals surface area contributed by atoms with Crippen LogP contribution in [-0.4, -0.2) is 22.2 Å². The number of rotatable bonds is 3. The highest BCUT2D eigenvalue weighted by molar-refractivity contribution is 5.77. The van der Waals surface area contributed by atoms with E-state index in [1.54, 1.807) is 18.2 Å². The van der Waals surface area contributed by atoms with E-state index >= 15 is 0 Å². The first-order valence-electron chi connectivity index (χ1n) is 4.06. The van der Waals surface area contributed by atoms with Gasteiger partial charge in [0.1, 0.15) is 11.8 Å². The Morgan fingerprint density at radius 3 is 2.64 bits per heavy atom. The molecule has 0 aromatic heterocycles. The lowest BCUT2D eigenvalue weighted by molar-refractivity contribution is -0.137. The monoisotopic (exact) mass is 193 g/mol. The van der Waals surface area contributed by atoms with E-state index in [9.17, 15) is 9.90 Å². The second-order valence-electron chi connectivity index (χ2n) is 2.78. The zero-order chi connectivity index (χ0) is 10.6. The molecule has 0 aliphatic rings. The largest absolute Gasteiger partial charge is 0.507 e. The van der Waals surface area contributed by atoms with Gasteiger partial charge in [-0.3, -0.25) is 4.79 Å². The summed E-state index contributed by atoms with van der Waals surface area (Å²) in [6.07, 6.45) is 2.80. The van der Waals surface area contributed by atoms with Crippen LogP contribution in [0.5, 0.6) is 5.75 Å². The molecule has 0 saturated heterocycles. The number of aliphatic carboxylic acids is 1. The molecule has 4 N–H and O–H groups in total. The van der Waals surface area contributed by atoms with Gasteiger partial charge in [0.05, 0.1) is 0 Å². The van der Waals surface area contributed by atoms with Crippen LogP contribution in [-0.2, 0) is 4.79 Å². The van der Waals surface area contributed by atoms with Gasteiger partial charge in [0.25, 0.3) is 0 Å². The Morgan fingerprint density at radius 1 is 1.43 bits per heavy atom. The number of para-hydroxylation sites is 1. The summed E-state index contributed by atoms with van der Waals surface area (Å²) >= 11 is 0. The van der Waals surface area contributed by atoms with Crippen molar-refractivity contribution >= 4 is 12.0 Å². The number of carbonyl (C=O) groups is 1. The molecule has 0 bridgehead atoms. The van der Waals surface area contributed by atoms with Crippen LogP contribution in [0.2, 0.25) is 0 Å². The summed E-state index contributed by atoms with van der Waals surface area (Å²) in [5.74, 6) is -1.00. The average Bonchev–Trinajstić information content (AvgIpc) is 2.16. The van der Waals surface area contributed by atoms with Crippen molar-refractivity contribution in [2.75, 3.05) is 0 Å². The van der Waals surface area contributed by atoms with Crippen LogP contribution in [0.25, 0.3) is 6.08 Å². The van der Waals surface area contributed by atoms with E-state index in [2.05, 4.69) is 0 Å². The van der Waals surface area contributed by atoms with Crippen molar-refractivity contribution < 1.29 is 15.0 Å². The van der Waals surface area contributed by atoms with Crippen LogP contribution >= 0.6 is 0 Å². The minimum atomic E-state index is -1.10. The maximum absolute atomic E-state index is 10.4. The third-order valence-electron chi connectivity index (χ3n) is 1.71. The normalized spacial score (nSPS) is 12.9. The molecule has 0 amide bonds. The fourth-order valence-corrected chi connectivity index (χ4v) is 0.918. The van der Waals surface area contributed by atoms with Crippen LogP contribution in [0.3, 0.4) is 0 Å². The van der Waals surface area contributed by atoms with Gasteiger partial charge in [-0.2, -0.15) is 0 Å². The summed E-state index contributed by atoms with van der Waals surface area (Å²) < 4.78 is 0. The standard InChI is InChI=1S/C10H11NO3/c11-8(10(13)14)6-5-7-3-1-2-4-9(7)12/h1-6,8,12H,11H2,(H,13,14)/b6-5+. The molecule has 0 aliphatic carbocycles. The maximum Gasteiger partial charge on any atom is 0.324 e. The Balaban J connectivity index is 2.78. The number of aromatic hydroxyl groups is 1. The molecule has 4 heteroatoms. The summed E-state index contributed by atoms with van der Waals surface area (Å²) in [6, 6.07) is 5.57. The van der Waals surface area contributed by atoms with Crippen LogP contribution in [0, 0.1) is 0 Å². The topological polar surface area (TPSA) is 83.5 Å². The van der Waals surface area contributed by atoms with E-state index < -0.39 is 12.0 Å². The summed E-state index contributed by atoms with van der Waals surface area (Å²) in [5, 5.41) is 17.8. The van der Waals surface area contributed by atoms with E-state index in [-0.39, 0.29) is 5.75 Å². The first kappa shape index (κ1) is 10.3. The Bertz CT molecular complexity index is 360. The Morgan fingerprint density at radius 2 is 2.07 bits per heavy atom. The third-order valence-corrected chi connectivity index (χ3v) is 1.71. The zero-order valence-electron chi connectivity index (χ0n) is 7.42. The van der Waals surface area contributed by atoms with E-state index in [0.717, 1.165) is 0 Å².